The number of piperazine rings is 1. The number of likely N-dealkylation sites (N-methyl/N-ethyl adjacent to an activating group) is 1. The van der Waals surface area contributed by atoms with E-state index in [0.717, 1.165) is 66.5 Å². The minimum atomic E-state index is 0. The van der Waals surface area contributed by atoms with E-state index in [1.807, 2.05) is 24.4 Å². The third-order valence-electron chi connectivity index (χ3n) is 6.64. The Morgan fingerprint density at radius 1 is 0.886 bits per heavy atom. The van der Waals surface area contributed by atoms with E-state index in [1.165, 1.54) is 16.9 Å². The van der Waals surface area contributed by atoms with Crippen LogP contribution in [0.15, 0.2) is 60.9 Å². The average Bonchev–Trinajstić information content (AvgIpc) is 3.27. The maximum absolute atomic E-state index is 6.27. The van der Waals surface area contributed by atoms with Gasteiger partial charge >= 0.3 is 0 Å². The second kappa shape index (κ2) is 10.5. The van der Waals surface area contributed by atoms with Gasteiger partial charge in [0.15, 0.2) is 5.82 Å². The lowest BCUT2D eigenvalue weighted by Gasteiger charge is -2.34. The van der Waals surface area contributed by atoms with Crippen molar-refractivity contribution in [3.63, 3.8) is 0 Å². The van der Waals surface area contributed by atoms with E-state index in [4.69, 9.17) is 21.6 Å². The number of nitrogens with zero attached hydrogens (tertiary/aromatic N) is 6. The fourth-order valence-electron chi connectivity index (χ4n) is 4.78. The van der Waals surface area contributed by atoms with Crippen molar-refractivity contribution >= 4 is 64.5 Å². The van der Waals surface area contributed by atoms with Crippen molar-refractivity contribution in [2.45, 2.75) is 6.42 Å². The van der Waals surface area contributed by atoms with E-state index in [1.54, 1.807) is 6.20 Å². The summed E-state index contributed by atoms with van der Waals surface area (Å²) >= 11 is 6.27. The van der Waals surface area contributed by atoms with E-state index in [2.05, 4.69) is 57.1 Å². The van der Waals surface area contributed by atoms with Gasteiger partial charge in [0.05, 0.1) is 5.52 Å². The molecule has 0 aliphatic carbocycles. The van der Waals surface area contributed by atoms with E-state index < -0.39 is 0 Å². The van der Waals surface area contributed by atoms with Crippen molar-refractivity contribution in [1.82, 2.24) is 19.9 Å². The molecule has 0 radical (unpaired) electrons. The zero-order valence-corrected chi connectivity index (χ0v) is 21.8. The summed E-state index contributed by atoms with van der Waals surface area (Å²) in [5, 5.41) is 1.85. The number of hydrogen-bond donors (Lipinski definition) is 0. The summed E-state index contributed by atoms with van der Waals surface area (Å²) in [5.74, 6) is 1.64. The average molecular weight is 530 g/mol. The Bertz CT molecular complexity index is 1330. The van der Waals surface area contributed by atoms with Gasteiger partial charge in [-0.15, -0.1) is 24.8 Å². The predicted molar refractivity (Wildman–Crippen MR) is 149 cm³/mol. The van der Waals surface area contributed by atoms with Crippen LogP contribution < -0.4 is 9.80 Å². The first-order valence-electron chi connectivity index (χ1n) is 11.4. The van der Waals surface area contributed by atoms with Crippen LogP contribution >= 0.6 is 36.4 Å². The second-order valence-electron chi connectivity index (χ2n) is 8.78. The molecule has 0 atom stereocenters. The quantitative estimate of drug-likeness (QED) is 0.343. The molecule has 0 spiro atoms. The van der Waals surface area contributed by atoms with Crippen molar-refractivity contribution in [2.24, 2.45) is 0 Å². The Hall–Kier alpha value is -2.64. The van der Waals surface area contributed by atoms with E-state index in [-0.39, 0.29) is 24.8 Å². The zero-order valence-electron chi connectivity index (χ0n) is 19.4. The van der Waals surface area contributed by atoms with Crippen LogP contribution in [0, 0.1) is 0 Å². The third-order valence-corrected chi connectivity index (χ3v) is 6.88. The van der Waals surface area contributed by atoms with E-state index in [9.17, 15) is 0 Å². The molecule has 1 saturated heterocycles. The summed E-state index contributed by atoms with van der Waals surface area (Å²) in [6, 6.07) is 16.6. The van der Waals surface area contributed by atoms with Gasteiger partial charge in [-0.25, -0.2) is 9.97 Å². The Morgan fingerprint density at radius 2 is 1.71 bits per heavy atom. The summed E-state index contributed by atoms with van der Waals surface area (Å²) in [6.45, 7) is 5.06. The van der Waals surface area contributed by atoms with Gasteiger partial charge in [-0.1, -0.05) is 11.6 Å². The lowest BCUT2D eigenvalue weighted by atomic mass is 10.1. The zero-order chi connectivity index (χ0) is 22.4. The minimum Gasteiger partial charge on any atom is -0.369 e. The third kappa shape index (κ3) is 4.89. The molecule has 9 heteroatoms. The number of rotatable bonds is 3. The number of fused-ring (bicyclic) bond motifs is 2. The highest BCUT2D eigenvalue weighted by atomic mass is 35.5. The molecule has 0 saturated carbocycles. The number of hydrogen-bond acceptors (Lipinski definition) is 6. The summed E-state index contributed by atoms with van der Waals surface area (Å²) in [6.07, 6.45) is 4.54. The predicted octanol–water partition coefficient (Wildman–Crippen LogP) is 5.63. The molecule has 4 heterocycles. The molecule has 2 aromatic carbocycles. The van der Waals surface area contributed by atoms with Crippen LogP contribution in [0.1, 0.15) is 5.56 Å². The first-order valence-corrected chi connectivity index (χ1v) is 11.8. The van der Waals surface area contributed by atoms with Crippen LogP contribution in [0.4, 0.5) is 17.2 Å². The Balaban J connectivity index is 0.00000144. The van der Waals surface area contributed by atoms with Gasteiger partial charge in [-0.3, -0.25) is 4.98 Å². The number of anilines is 3. The first kappa shape index (κ1) is 25.5. The van der Waals surface area contributed by atoms with E-state index >= 15 is 0 Å². The Morgan fingerprint density at radius 3 is 2.49 bits per heavy atom. The lowest BCUT2D eigenvalue weighted by molar-refractivity contribution is 0.313. The van der Waals surface area contributed by atoms with Gasteiger partial charge in [0, 0.05) is 72.5 Å². The second-order valence-corrected chi connectivity index (χ2v) is 9.22. The lowest BCUT2D eigenvalue weighted by Crippen LogP contribution is -2.44. The topological polar surface area (TPSA) is 48.4 Å². The normalized spacial score (nSPS) is 15.5. The summed E-state index contributed by atoms with van der Waals surface area (Å²) in [7, 11) is 2.18. The maximum Gasteiger partial charge on any atom is 0.163 e. The molecule has 1 fully saturated rings. The van der Waals surface area contributed by atoms with Gasteiger partial charge in [0.2, 0.25) is 0 Å². The van der Waals surface area contributed by atoms with Crippen molar-refractivity contribution in [1.29, 1.82) is 0 Å². The minimum absolute atomic E-state index is 0. The standard InChI is InChI=1S/C26H25ClN6.2ClH/c1-31-11-13-32(14-12-31)21-5-6-23-22(16-21)26(30-25(29-23)19-3-2-9-28-17-19)33-10-8-18-15-20(27)4-7-24(18)33;;/h2-7,9,15-17H,8,10-14H2,1H3;2*1H. The van der Waals surface area contributed by atoms with Crippen molar-refractivity contribution in [3.8, 4) is 11.4 Å². The maximum atomic E-state index is 6.27. The van der Waals surface area contributed by atoms with Gasteiger partial charge in [0.25, 0.3) is 0 Å². The van der Waals surface area contributed by atoms with Crippen LogP contribution in [0.5, 0.6) is 0 Å². The molecule has 4 aromatic rings. The summed E-state index contributed by atoms with van der Waals surface area (Å²) < 4.78 is 0. The first-order chi connectivity index (χ1) is 16.2. The summed E-state index contributed by atoms with van der Waals surface area (Å²) in [5.41, 5.74) is 5.51. The van der Waals surface area contributed by atoms with Gasteiger partial charge < -0.3 is 14.7 Å². The number of aromatic nitrogens is 3. The highest BCUT2D eigenvalue weighted by Crippen LogP contribution is 2.39. The highest BCUT2D eigenvalue weighted by molar-refractivity contribution is 6.30. The Kier molecular flexibility index (Phi) is 7.67. The molecular formula is C26H27Cl3N6. The molecule has 2 aliphatic rings. The molecule has 2 aliphatic heterocycles. The largest absolute Gasteiger partial charge is 0.369 e. The van der Waals surface area contributed by atoms with Crippen molar-refractivity contribution in [2.75, 3.05) is 49.6 Å². The molecular weight excluding hydrogens is 503 g/mol. The Labute approximate surface area is 222 Å². The van der Waals surface area contributed by atoms with Crippen LogP contribution in [-0.4, -0.2) is 59.6 Å². The molecule has 2 aromatic heterocycles. The van der Waals surface area contributed by atoms with E-state index in [0.29, 0.717) is 5.82 Å². The molecule has 6 nitrogen and oxygen atoms in total. The molecule has 6 rings (SSSR count). The fourth-order valence-corrected chi connectivity index (χ4v) is 4.98. The summed E-state index contributed by atoms with van der Waals surface area (Å²) in [4.78, 5) is 21.4. The number of halogens is 3. The smallest absolute Gasteiger partial charge is 0.163 e. The van der Waals surface area contributed by atoms with Gasteiger partial charge in [-0.05, 0) is 67.6 Å². The molecule has 35 heavy (non-hydrogen) atoms. The van der Waals surface area contributed by atoms with Crippen molar-refractivity contribution in [3.05, 3.63) is 71.5 Å². The molecule has 0 amide bonds. The molecule has 182 valence electrons. The highest BCUT2D eigenvalue weighted by Gasteiger charge is 2.25. The van der Waals surface area contributed by atoms with Crippen LogP contribution in [0.25, 0.3) is 22.3 Å². The molecule has 0 bridgehead atoms. The van der Waals surface area contributed by atoms with Crippen LogP contribution in [0.3, 0.4) is 0 Å². The molecule has 0 unspecified atom stereocenters. The fraction of sp³-hybridized carbons (Fsp3) is 0.269. The van der Waals surface area contributed by atoms with Crippen molar-refractivity contribution < 1.29 is 0 Å². The van der Waals surface area contributed by atoms with Crippen LogP contribution in [-0.2, 0) is 6.42 Å². The van der Waals surface area contributed by atoms with Gasteiger partial charge in [0.1, 0.15) is 5.82 Å². The molecule has 0 N–H and O–H groups in total. The van der Waals surface area contributed by atoms with Crippen LogP contribution in [0.2, 0.25) is 5.02 Å². The number of pyridine rings is 1. The number of benzene rings is 2. The van der Waals surface area contributed by atoms with Gasteiger partial charge in [-0.2, -0.15) is 0 Å². The SMILES string of the molecule is CN1CCN(c2ccc3nc(-c4cccnc4)nc(N4CCc5cc(Cl)ccc54)c3c2)CC1.Cl.Cl. The monoisotopic (exact) mass is 528 g/mol.